The first-order valence-electron chi connectivity index (χ1n) is 6.54. The maximum Gasteiger partial charge on any atom is 0.302 e. The van der Waals surface area contributed by atoms with E-state index in [1.54, 1.807) is 6.92 Å². The number of hydrogen-bond donors (Lipinski definition) is 0. The summed E-state index contributed by atoms with van der Waals surface area (Å²) < 4.78 is 5.62. The average Bonchev–Trinajstić information content (AvgIpc) is 2.69. The third kappa shape index (κ3) is 1.08. The Bertz CT molecular complexity index is 343. The molecule has 0 aromatic carbocycles. The van der Waals surface area contributed by atoms with Gasteiger partial charge in [0, 0.05) is 18.1 Å². The molecule has 88 valence electrons. The molecule has 1 saturated heterocycles. The Morgan fingerprint density at radius 3 is 2.88 bits per heavy atom. The van der Waals surface area contributed by atoms with Gasteiger partial charge in [-0.2, -0.15) is 11.8 Å². The van der Waals surface area contributed by atoms with Crippen molar-refractivity contribution in [2.75, 3.05) is 5.75 Å². The molecule has 0 amide bonds. The van der Waals surface area contributed by atoms with E-state index < -0.39 is 0 Å². The van der Waals surface area contributed by atoms with E-state index >= 15 is 0 Å². The zero-order valence-corrected chi connectivity index (χ0v) is 10.4. The van der Waals surface area contributed by atoms with Crippen molar-refractivity contribution < 1.29 is 9.53 Å². The van der Waals surface area contributed by atoms with Crippen LogP contribution in [0.1, 0.15) is 26.2 Å². The first-order valence-corrected chi connectivity index (χ1v) is 7.59. The van der Waals surface area contributed by atoms with Gasteiger partial charge in [-0.3, -0.25) is 4.79 Å². The maximum atomic E-state index is 11.2. The lowest BCUT2D eigenvalue weighted by Gasteiger charge is -2.49. The van der Waals surface area contributed by atoms with E-state index in [1.165, 1.54) is 25.0 Å². The molecule has 3 heteroatoms. The van der Waals surface area contributed by atoms with Gasteiger partial charge in [-0.25, -0.2) is 0 Å². The monoisotopic (exact) mass is 238 g/mol. The first-order chi connectivity index (χ1) is 7.75. The Balaban J connectivity index is 1.65. The quantitative estimate of drug-likeness (QED) is 0.656. The Labute approximate surface area is 100 Å². The molecular formula is C13H18O2S. The second kappa shape index (κ2) is 3.18. The van der Waals surface area contributed by atoms with Gasteiger partial charge in [-0.05, 0) is 48.7 Å². The Kier molecular flexibility index (Phi) is 1.95. The lowest BCUT2D eigenvalue weighted by molar-refractivity contribution is -0.151. The highest BCUT2D eigenvalue weighted by atomic mass is 32.2. The fourth-order valence-electron chi connectivity index (χ4n) is 4.95. The molecule has 1 heterocycles. The van der Waals surface area contributed by atoms with Crippen molar-refractivity contribution in [1.29, 1.82) is 0 Å². The first kappa shape index (κ1) is 9.81. The molecule has 0 N–H and O–H groups in total. The van der Waals surface area contributed by atoms with Crippen LogP contribution in [-0.4, -0.2) is 23.1 Å². The molecule has 0 unspecified atom stereocenters. The number of rotatable bonds is 1. The zero-order chi connectivity index (χ0) is 10.9. The normalized spacial score (nSPS) is 56.7. The van der Waals surface area contributed by atoms with Gasteiger partial charge >= 0.3 is 5.97 Å². The van der Waals surface area contributed by atoms with Crippen LogP contribution < -0.4 is 0 Å². The molecule has 0 aromatic heterocycles. The SMILES string of the molecule is CC(=O)O[C@H]1[C@H]2C[C@H]3CC[C@H]4CS[C@H]1[C@H]4[C@@H]32. The van der Waals surface area contributed by atoms with E-state index in [0.29, 0.717) is 5.25 Å². The highest BCUT2D eigenvalue weighted by Crippen LogP contribution is 2.67. The Morgan fingerprint density at radius 2 is 2.06 bits per heavy atom. The van der Waals surface area contributed by atoms with Crippen molar-refractivity contribution in [3.8, 4) is 0 Å². The van der Waals surface area contributed by atoms with E-state index in [1.807, 2.05) is 0 Å². The van der Waals surface area contributed by atoms with Gasteiger partial charge in [0.25, 0.3) is 0 Å². The van der Waals surface area contributed by atoms with Crippen LogP contribution in [0.2, 0.25) is 0 Å². The molecule has 0 spiro atoms. The molecule has 16 heavy (non-hydrogen) atoms. The summed E-state index contributed by atoms with van der Waals surface area (Å²) >= 11 is 2.09. The standard InChI is InChI=1S/C13H18O2S/c1-6(14)15-12-9-4-7-2-3-8-5-16-13(12)11(8)10(7)9/h7-13H,2-5H2,1H3/t7-,8+,9+,10+,11-,12+,13+/m1/s1. The number of ether oxygens (including phenoxy) is 1. The fourth-order valence-corrected chi connectivity index (χ4v) is 6.88. The summed E-state index contributed by atoms with van der Waals surface area (Å²) in [5.74, 6) is 5.71. The third-order valence-electron chi connectivity index (χ3n) is 5.44. The number of carbonyl (C=O) groups excluding carboxylic acids is 1. The minimum Gasteiger partial charge on any atom is -0.461 e. The molecule has 1 aliphatic heterocycles. The van der Waals surface area contributed by atoms with E-state index in [4.69, 9.17) is 4.74 Å². The van der Waals surface area contributed by atoms with Crippen LogP contribution in [0.5, 0.6) is 0 Å². The highest BCUT2D eigenvalue weighted by Gasteiger charge is 2.65. The highest BCUT2D eigenvalue weighted by molar-refractivity contribution is 8.00. The molecule has 7 atom stereocenters. The van der Waals surface area contributed by atoms with Crippen molar-refractivity contribution >= 4 is 17.7 Å². The van der Waals surface area contributed by atoms with E-state index in [2.05, 4.69) is 11.8 Å². The van der Waals surface area contributed by atoms with Gasteiger partial charge in [0.2, 0.25) is 0 Å². The van der Waals surface area contributed by atoms with E-state index in [-0.39, 0.29) is 12.1 Å². The maximum absolute atomic E-state index is 11.2. The van der Waals surface area contributed by atoms with Gasteiger partial charge in [0.05, 0.1) is 0 Å². The topological polar surface area (TPSA) is 26.3 Å². The van der Waals surface area contributed by atoms with Gasteiger partial charge in [-0.1, -0.05) is 0 Å². The van der Waals surface area contributed by atoms with Crippen molar-refractivity contribution in [3.05, 3.63) is 0 Å². The molecule has 2 nitrogen and oxygen atoms in total. The van der Waals surface area contributed by atoms with Crippen LogP contribution in [0.3, 0.4) is 0 Å². The molecular weight excluding hydrogens is 220 g/mol. The molecule has 0 radical (unpaired) electrons. The van der Waals surface area contributed by atoms with Crippen molar-refractivity contribution in [1.82, 2.24) is 0 Å². The number of carbonyl (C=O) groups is 1. The van der Waals surface area contributed by atoms with Crippen LogP contribution in [0, 0.1) is 29.6 Å². The van der Waals surface area contributed by atoms with Crippen LogP contribution in [0.15, 0.2) is 0 Å². The number of esters is 1. The summed E-state index contributed by atoms with van der Waals surface area (Å²) in [5.41, 5.74) is 0. The Hall–Kier alpha value is -0.180. The summed E-state index contributed by atoms with van der Waals surface area (Å²) in [6.45, 7) is 1.56. The van der Waals surface area contributed by atoms with Crippen molar-refractivity contribution in [3.63, 3.8) is 0 Å². The molecule has 0 bridgehead atoms. The summed E-state index contributed by atoms with van der Waals surface area (Å²) in [7, 11) is 0. The molecule has 4 aliphatic rings. The van der Waals surface area contributed by atoms with Crippen molar-refractivity contribution in [2.45, 2.75) is 37.5 Å². The molecule has 3 aliphatic carbocycles. The van der Waals surface area contributed by atoms with E-state index in [9.17, 15) is 4.79 Å². The lowest BCUT2D eigenvalue weighted by atomic mass is 9.56. The minimum absolute atomic E-state index is 0.0730. The summed E-state index contributed by atoms with van der Waals surface area (Å²) in [5, 5.41) is 0.647. The second-order valence-electron chi connectivity index (χ2n) is 6.02. The summed E-state index contributed by atoms with van der Waals surface area (Å²) in [6, 6.07) is 0. The second-order valence-corrected chi connectivity index (χ2v) is 7.23. The summed E-state index contributed by atoms with van der Waals surface area (Å²) in [4.78, 5) is 11.2. The van der Waals surface area contributed by atoms with Crippen LogP contribution in [0.25, 0.3) is 0 Å². The van der Waals surface area contributed by atoms with Crippen LogP contribution in [0.4, 0.5) is 0 Å². The predicted molar refractivity (Wildman–Crippen MR) is 63.1 cm³/mol. The van der Waals surface area contributed by atoms with Crippen LogP contribution in [-0.2, 0) is 9.53 Å². The molecule has 4 fully saturated rings. The van der Waals surface area contributed by atoms with Gasteiger partial charge in [-0.15, -0.1) is 0 Å². The zero-order valence-electron chi connectivity index (χ0n) is 9.59. The average molecular weight is 238 g/mol. The molecule has 0 aromatic rings. The summed E-state index contributed by atoms with van der Waals surface area (Å²) in [6.07, 6.45) is 4.48. The molecule has 4 rings (SSSR count). The van der Waals surface area contributed by atoms with E-state index in [0.717, 1.165) is 29.6 Å². The van der Waals surface area contributed by atoms with Crippen molar-refractivity contribution in [2.24, 2.45) is 29.6 Å². The number of hydrogen-bond acceptors (Lipinski definition) is 3. The lowest BCUT2D eigenvalue weighted by Crippen LogP contribution is -2.45. The largest absolute Gasteiger partial charge is 0.461 e. The predicted octanol–water partition coefficient (Wildman–Crippen LogP) is 2.33. The number of thioether (sulfide) groups is 1. The third-order valence-corrected chi connectivity index (χ3v) is 7.03. The van der Waals surface area contributed by atoms with Crippen LogP contribution >= 0.6 is 11.8 Å². The van der Waals surface area contributed by atoms with Gasteiger partial charge < -0.3 is 4.74 Å². The van der Waals surface area contributed by atoms with Gasteiger partial charge in [0.15, 0.2) is 0 Å². The minimum atomic E-state index is -0.0730. The fraction of sp³-hybridized carbons (Fsp3) is 0.923. The van der Waals surface area contributed by atoms with Gasteiger partial charge in [0.1, 0.15) is 6.10 Å². The molecule has 3 saturated carbocycles. The Morgan fingerprint density at radius 1 is 1.25 bits per heavy atom. The smallest absolute Gasteiger partial charge is 0.302 e.